The minimum Gasteiger partial charge on any atom is -0.508 e. The van der Waals surface area contributed by atoms with Crippen molar-refractivity contribution in [3.8, 4) is 11.4 Å². The maximum atomic E-state index is 14.0. The predicted octanol–water partition coefficient (Wildman–Crippen LogP) is 3.95. The molecule has 162 valence electrons. The number of phenolic OH excluding ortho intramolecular Hbond substituents is 1. The number of rotatable bonds is 2. The number of aromatic nitrogens is 4. The van der Waals surface area contributed by atoms with Crippen LogP contribution in [0.3, 0.4) is 0 Å². The van der Waals surface area contributed by atoms with Crippen molar-refractivity contribution in [2.45, 2.75) is 39.4 Å². The van der Waals surface area contributed by atoms with Crippen LogP contribution in [0.4, 0.5) is 19.0 Å². The Morgan fingerprint density at radius 1 is 1.13 bits per heavy atom. The zero-order valence-electron chi connectivity index (χ0n) is 19.7. The molecule has 0 amide bonds. The number of aliphatic hydroxyl groups is 1. The number of nitrogens with zero attached hydrogens (tertiary/aromatic N) is 4. The molecule has 0 spiro atoms. The summed E-state index contributed by atoms with van der Waals surface area (Å²) in [5, 5.41) is 21.0. The number of nitrogens with two attached hydrogens (primary N) is 1. The molecule has 4 aromatic rings. The van der Waals surface area contributed by atoms with Crippen LogP contribution < -0.4 is 5.73 Å². The van der Waals surface area contributed by atoms with E-state index in [0.29, 0.717) is 16.8 Å². The fraction of sp³-hybridized carbons (Fsp3) is 0.286. The molecular formula is C21H20F3N5O2. The van der Waals surface area contributed by atoms with Gasteiger partial charge in [-0.3, -0.25) is 4.57 Å². The number of fused-ring (bicyclic) bond motifs is 3. The molecule has 4 N–H and O–H groups in total. The number of aromatic hydroxyl groups is 1. The van der Waals surface area contributed by atoms with Crippen LogP contribution in [-0.2, 0) is 5.60 Å². The van der Waals surface area contributed by atoms with Gasteiger partial charge in [-0.25, -0.2) is 15.0 Å². The van der Waals surface area contributed by atoms with Crippen LogP contribution >= 0.6 is 0 Å². The number of hydrogen-bond donors (Lipinski definition) is 3. The molecule has 0 radical (unpaired) electrons. The first-order valence-corrected chi connectivity index (χ1v) is 9.12. The Labute approximate surface area is 179 Å². The minimum absolute atomic E-state index is 0.0165. The largest absolute Gasteiger partial charge is 0.508 e. The van der Waals surface area contributed by atoms with Gasteiger partial charge < -0.3 is 15.9 Å². The topological polar surface area (TPSA) is 110 Å². The summed E-state index contributed by atoms with van der Waals surface area (Å²) in [5.41, 5.74) is 2.51. The van der Waals surface area contributed by atoms with Crippen molar-refractivity contribution in [3.05, 3.63) is 46.9 Å². The standard InChI is InChI=1S/C21H20F3N5O2/c1-9-5-6-14(30)10(2)16(9)29-18-12(15-17(25)26-8-27-19(15)29)7-13(11(3)28-18)20(4,31)21(22,23)24/h5-8,30-31H,1-4H3,(H2,25,26,27)/i4D3. The van der Waals surface area contributed by atoms with Crippen LogP contribution in [0.1, 0.15) is 33.3 Å². The van der Waals surface area contributed by atoms with Crippen LogP contribution in [0.15, 0.2) is 24.5 Å². The van der Waals surface area contributed by atoms with E-state index in [2.05, 4.69) is 15.0 Å². The van der Waals surface area contributed by atoms with Gasteiger partial charge in [0, 0.05) is 26.3 Å². The van der Waals surface area contributed by atoms with Gasteiger partial charge in [-0.2, -0.15) is 13.2 Å². The Kier molecular flexibility index (Phi) is 3.65. The van der Waals surface area contributed by atoms with Gasteiger partial charge in [0.2, 0.25) is 0 Å². The Bertz CT molecular complexity index is 1450. The van der Waals surface area contributed by atoms with Crippen molar-refractivity contribution in [3.63, 3.8) is 0 Å². The van der Waals surface area contributed by atoms with Crippen molar-refractivity contribution in [1.82, 2.24) is 19.5 Å². The fourth-order valence-corrected chi connectivity index (χ4v) is 3.76. The number of alkyl halides is 3. The van der Waals surface area contributed by atoms with Crippen LogP contribution in [-0.4, -0.2) is 35.9 Å². The average Bonchev–Trinajstić information content (AvgIpc) is 3.03. The highest BCUT2D eigenvalue weighted by molar-refractivity contribution is 6.11. The van der Waals surface area contributed by atoms with Crippen LogP contribution in [0.25, 0.3) is 27.8 Å². The smallest absolute Gasteiger partial charge is 0.421 e. The van der Waals surface area contributed by atoms with Gasteiger partial charge in [-0.1, -0.05) is 6.07 Å². The zero-order valence-corrected chi connectivity index (χ0v) is 16.7. The monoisotopic (exact) mass is 434 g/mol. The summed E-state index contributed by atoms with van der Waals surface area (Å²) in [7, 11) is 0. The van der Waals surface area contributed by atoms with E-state index in [1.165, 1.54) is 23.9 Å². The normalized spacial score (nSPS) is 16.2. The molecule has 31 heavy (non-hydrogen) atoms. The average molecular weight is 434 g/mol. The fourth-order valence-electron chi connectivity index (χ4n) is 3.76. The van der Waals surface area contributed by atoms with E-state index >= 15 is 0 Å². The molecule has 0 fully saturated rings. The van der Waals surface area contributed by atoms with Gasteiger partial charge in [0.25, 0.3) is 0 Å². The SMILES string of the molecule is [2H]C([2H])([2H])C(O)(c1cc2c3c(N)ncnc3n(-c3c(C)ccc(O)c3C)c2nc1C)C(F)(F)F. The minimum atomic E-state index is -5.53. The molecule has 4 rings (SSSR count). The van der Waals surface area contributed by atoms with E-state index < -0.39 is 24.2 Å². The van der Waals surface area contributed by atoms with E-state index in [0.717, 1.165) is 6.07 Å². The van der Waals surface area contributed by atoms with E-state index in [4.69, 9.17) is 9.85 Å². The van der Waals surface area contributed by atoms with Gasteiger partial charge in [0.15, 0.2) is 11.2 Å². The van der Waals surface area contributed by atoms with Crippen molar-refractivity contribution >= 4 is 27.9 Å². The highest BCUT2D eigenvalue weighted by Crippen LogP contribution is 2.43. The highest BCUT2D eigenvalue weighted by atomic mass is 19.4. The number of halogens is 3. The lowest BCUT2D eigenvalue weighted by molar-refractivity contribution is -0.259. The van der Waals surface area contributed by atoms with Crippen molar-refractivity contribution < 1.29 is 27.5 Å². The Balaban J connectivity index is 2.23. The molecule has 0 aliphatic carbocycles. The Hall–Kier alpha value is -3.40. The van der Waals surface area contributed by atoms with E-state index in [1.54, 1.807) is 19.9 Å². The molecular weight excluding hydrogens is 411 g/mol. The number of aryl methyl sites for hydroxylation is 2. The molecule has 0 bridgehead atoms. The molecule has 1 unspecified atom stereocenters. The Morgan fingerprint density at radius 3 is 2.48 bits per heavy atom. The lowest BCUT2D eigenvalue weighted by Gasteiger charge is -2.28. The summed E-state index contributed by atoms with van der Waals surface area (Å²) in [6, 6.07) is 4.07. The van der Waals surface area contributed by atoms with Crippen molar-refractivity contribution in [2.24, 2.45) is 0 Å². The molecule has 0 saturated carbocycles. The number of nitrogen functional groups attached to an aromatic ring is 1. The van der Waals surface area contributed by atoms with Crippen LogP contribution in [0, 0.1) is 20.8 Å². The number of anilines is 1. The number of pyridine rings is 1. The number of phenols is 1. The summed E-state index contributed by atoms with van der Waals surface area (Å²) >= 11 is 0. The summed E-state index contributed by atoms with van der Waals surface area (Å²) in [4.78, 5) is 12.4. The van der Waals surface area contributed by atoms with Crippen LogP contribution in [0.5, 0.6) is 5.75 Å². The number of benzene rings is 1. The molecule has 0 saturated heterocycles. The third-order valence-corrected chi connectivity index (χ3v) is 5.37. The van der Waals surface area contributed by atoms with Crippen molar-refractivity contribution in [1.29, 1.82) is 0 Å². The lowest BCUT2D eigenvalue weighted by Crippen LogP contribution is -2.40. The van der Waals surface area contributed by atoms with E-state index in [1.807, 2.05) is 0 Å². The molecule has 0 aliphatic rings. The van der Waals surface area contributed by atoms with Gasteiger partial charge >= 0.3 is 6.18 Å². The second-order valence-corrected chi connectivity index (χ2v) is 7.37. The van der Waals surface area contributed by atoms with Crippen molar-refractivity contribution in [2.75, 3.05) is 5.73 Å². The third-order valence-electron chi connectivity index (χ3n) is 5.37. The molecule has 3 aromatic heterocycles. The molecule has 3 heterocycles. The maximum Gasteiger partial charge on any atom is 0.421 e. The first kappa shape index (κ1) is 17.3. The molecule has 0 aliphatic heterocycles. The van der Waals surface area contributed by atoms with Gasteiger partial charge in [0.05, 0.1) is 11.1 Å². The first-order valence-electron chi connectivity index (χ1n) is 10.6. The third kappa shape index (κ3) is 2.89. The molecule has 1 atom stereocenters. The summed E-state index contributed by atoms with van der Waals surface area (Å²) in [6.07, 6.45) is -4.36. The second-order valence-electron chi connectivity index (χ2n) is 7.37. The Morgan fingerprint density at radius 2 is 1.84 bits per heavy atom. The van der Waals surface area contributed by atoms with Gasteiger partial charge in [0.1, 0.15) is 23.5 Å². The van der Waals surface area contributed by atoms with Gasteiger partial charge in [-0.15, -0.1) is 0 Å². The summed E-state index contributed by atoms with van der Waals surface area (Å²) in [6.45, 7) is 0.751. The molecule has 7 nitrogen and oxygen atoms in total. The predicted molar refractivity (Wildman–Crippen MR) is 110 cm³/mol. The maximum absolute atomic E-state index is 14.0. The summed E-state index contributed by atoms with van der Waals surface area (Å²) < 4.78 is 65.8. The molecule has 10 heteroatoms. The zero-order chi connectivity index (χ0) is 25.4. The number of hydrogen-bond acceptors (Lipinski definition) is 6. The lowest BCUT2D eigenvalue weighted by atomic mass is 9.93. The van der Waals surface area contributed by atoms with E-state index in [-0.39, 0.29) is 39.3 Å². The first-order chi connectivity index (χ1) is 15.6. The summed E-state index contributed by atoms with van der Waals surface area (Å²) in [5.74, 6) is -0.106. The quantitative estimate of drug-likeness (QED) is 0.441. The van der Waals surface area contributed by atoms with Gasteiger partial charge in [-0.05, 0) is 45.3 Å². The second kappa shape index (κ2) is 6.55. The molecule has 1 aromatic carbocycles. The highest BCUT2D eigenvalue weighted by Gasteiger charge is 2.52. The van der Waals surface area contributed by atoms with Crippen LogP contribution in [0.2, 0.25) is 0 Å². The van der Waals surface area contributed by atoms with E-state index in [9.17, 15) is 23.4 Å².